The van der Waals surface area contributed by atoms with Gasteiger partial charge < -0.3 is 4.74 Å². The van der Waals surface area contributed by atoms with Gasteiger partial charge in [-0.1, -0.05) is 30.3 Å². The zero-order chi connectivity index (χ0) is 20.2. The van der Waals surface area contributed by atoms with E-state index in [1.807, 2.05) is 53.9 Å². The fraction of sp³-hybridized carbons (Fsp3) is 0.0952. The van der Waals surface area contributed by atoms with E-state index in [1.54, 1.807) is 40.7 Å². The van der Waals surface area contributed by atoms with E-state index in [1.165, 1.54) is 0 Å². The average Bonchev–Trinajstić information content (AvgIpc) is 3.44. The SMILES string of the molecule is COc1ccccc1-n1nc(-c2cccs2)nc1Cc1ccc(C(=O)NO)cc1. The summed E-state index contributed by atoms with van der Waals surface area (Å²) in [4.78, 5) is 17.3. The lowest BCUT2D eigenvalue weighted by Crippen LogP contribution is -2.18. The third-order valence-corrected chi connectivity index (χ3v) is 5.27. The molecule has 0 saturated heterocycles. The van der Waals surface area contributed by atoms with Crippen molar-refractivity contribution in [2.75, 3.05) is 7.11 Å². The second-order valence-electron chi connectivity index (χ2n) is 6.23. The highest BCUT2D eigenvalue weighted by Crippen LogP contribution is 2.27. The Morgan fingerprint density at radius 1 is 1.14 bits per heavy atom. The molecule has 0 aliphatic rings. The quantitative estimate of drug-likeness (QED) is 0.376. The van der Waals surface area contributed by atoms with Crippen molar-refractivity contribution in [1.29, 1.82) is 0 Å². The number of carbonyl (C=O) groups excluding carboxylic acids is 1. The minimum absolute atomic E-state index is 0.377. The second-order valence-corrected chi connectivity index (χ2v) is 7.17. The van der Waals surface area contributed by atoms with Crippen LogP contribution in [0.15, 0.2) is 66.0 Å². The Morgan fingerprint density at radius 3 is 2.62 bits per heavy atom. The number of hydroxylamine groups is 1. The Labute approximate surface area is 171 Å². The number of nitrogens with one attached hydrogen (secondary N) is 1. The number of hydrogen-bond donors (Lipinski definition) is 2. The van der Waals surface area contributed by atoms with Crippen molar-refractivity contribution in [1.82, 2.24) is 20.2 Å². The number of methoxy groups -OCH3 is 1. The molecule has 2 aromatic heterocycles. The van der Waals surface area contributed by atoms with Gasteiger partial charge in [-0.2, -0.15) is 0 Å². The van der Waals surface area contributed by atoms with Gasteiger partial charge in [-0.25, -0.2) is 15.1 Å². The van der Waals surface area contributed by atoms with Gasteiger partial charge in [-0.15, -0.1) is 16.4 Å². The molecule has 0 radical (unpaired) electrons. The van der Waals surface area contributed by atoms with Gasteiger partial charge in [0, 0.05) is 12.0 Å². The Kier molecular flexibility index (Phi) is 5.37. The molecule has 2 heterocycles. The van der Waals surface area contributed by atoms with Crippen LogP contribution in [0.3, 0.4) is 0 Å². The monoisotopic (exact) mass is 406 g/mol. The van der Waals surface area contributed by atoms with Crippen LogP contribution in [0.5, 0.6) is 5.75 Å². The lowest BCUT2D eigenvalue weighted by Gasteiger charge is -2.10. The van der Waals surface area contributed by atoms with Gasteiger partial charge in [0.25, 0.3) is 5.91 Å². The normalized spacial score (nSPS) is 10.7. The zero-order valence-corrected chi connectivity index (χ0v) is 16.4. The highest BCUT2D eigenvalue weighted by molar-refractivity contribution is 7.13. The maximum atomic E-state index is 11.5. The fourth-order valence-corrected chi connectivity index (χ4v) is 3.64. The summed E-state index contributed by atoms with van der Waals surface area (Å²) in [5.74, 6) is 1.55. The van der Waals surface area contributed by atoms with Gasteiger partial charge in [0.05, 0.1) is 12.0 Å². The van der Waals surface area contributed by atoms with Gasteiger partial charge in [0.15, 0.2) is 5.82 Å². The van der Waals surface area contributed by atoms with Crippen LogP contribution >= 0.6 is 11.3 Å². The summed E-state index contributed by atoms with van der Waals surface area (Å²) in [7, 11) is 1.63. The molecule has 1 amide bonds. The van der Waals surface area contributed by atoms with Crippen LogP contribution < -0.4 is 10.2 Å². The van der Waals surface area contributed by atoms with E-state index in [0.29, 0.717) is 23.6 Å². The van der Waals surface area contributed by atoms with Crippen LogP contribution in [0.1, 0.15) is 21.7 Å². The summed E-state index contributed by atoms with van der Waals surface area (Å²) in [5, 5.41) is 15.5. The summed E-state index contributed by atoms with van der Waals surface area (Å²) in [6, 6.07) is 18.6. The van der Waals surface area contributed by atoms with Crippen molar-refractivity contribution in [3.8, 4) is 22.1 Å². The molecule has 8 heteroatoms. The van der Waals surface area contributed by atoms with Crippen LogP contribution in [-0.2, 0) is 6.42 Å². The molecule has 2 N–H and O–H groups in total. The van der Waals surface area contributed by atoms with Gasteiger partial charge >= 0.3 is 0 Å². The first kappa shape index (κ1) is 18.9. The zero-order valence-electron chi connectivity index (χ0n) is 15.6. The first-order chi connectivity index (χ1) is 14.2. The molecule has 0 unspecified atom stereocenters. The first-order valence-electron chi connectivity index (χ1n) is 8.86. The van der Waals surface area contributed by atoms with Crippen molar-refractivity contribution >= 4 is 17.2 Å². The number of thiophene rings is 1. The third-order valence-electron chi connectivity index (χ3n) is 4.41. The summed E-state index contributed by atoms with van der Waals surface area (Å²) < 4.78 is 7.30. The second kappa shape index (κ2) is 8.26. The first-order valence-corrected chi connectivity index (χ1v) is 9.74. The fourth-order valence-electron chi connectivity index (χ4n) is 2.99. The van der Waals surface area contributed by atoms with Crippen molar-refractivity contribution in [2.24, 2.45) is 0 Å². The molecule has 0 saturated carbocycles. The molecular weight excluding hydrogens is 388 g/mol. The Bertz CT molecular complexity index is 1120. The topological polar surface area (TPSA) is 89.3 Å². The predicted molar refractivity (Wildman–Crippen MR) is 110 cm³/mol. The van der Waals surface area contributed by atoms with E-state index >= 15 is 0 Å². The van der Waals surface area contributed by atoms with Crippen LogP contribution in [0, 0.1) is 0 Å². The van der Waals surface area contributed by atoms with Crippen molar-refractivity contribution in [3.05, 3.63) is 83.0 Å². The van der Waals surface area contributed by atoms with E-state index in [0.717, 1.165) is 22.0 Å². The molecule has 146 valence electrons. The van der Waals surface area contributed by atoms with E-state index in [2.05, 4.69) is 0 Å². The molecule has 0 atom stereocenters. The number of nitrogens with zero attached hydrogens (tertiary/aromatic N) is 3. The highest BCUT2D eigenvalue weighted by Gasteiger charge is 2.17. The minimum atomic E-state index is -0.547. The average molecular weight is 406 g/mol. The van der Waals surface area contributed by atoms with Gasteiger partial charge in [-0.05, 0) is 41.3 Å². The standard InChI is InChI=1S/C21H18N4O3S/c1-28-17-6-3-2-5-16(17)25-19(22-20(23-25)18-7-4-12-29-18)13-14-8-10-15(11-9-14)21(26)24-27/h2-12,27H,13H2,1H3,(H,24,26). The van der Waals surface area contributed by atoms with Gasteiger partial charge in [-0.3, -0.25) is 10.0 Å². The maximum Gasteiger partial charge on any atom is 0.274 e. The van der Waals surface area contributed by atoms with Crippen LogP contribution in [-0.4, -0.2) is 33.0 Å². The molecule has 0 fully saturated rings. The molecule has 0 aliphatic carbocycles. The van der Waals surface area contributed by atoms with Gasteiger partial charge in [0.2, 0.25) is 0 Å². The molecule has 29 heavy (non-hydrogen) atoms. The van der Waals surface area contributed by atoms with E-state index < -0.39 is 5.91 Å². The molecule has 0 spiro atoms. The van der Waals surface area contributed by atoms with Crippen LogP contribution in [0.4, 0.5) is 0 Å². The van der Waals surface area contributed by atoms with Crippen molar-refractivity contribution < 1.29 is 14.7 Å². The number of rotatable bonds is 6. The predicted octanol–water partition coefficient (Wildman–Crippen LogP) is 3.71. The number of aromatic nitrogens is 3. The number of benzene rings is 2. The Hall–Kier alpha value is -3.49. The van der Waals surface area contributed by atoms with Crippen molar-refractivity contribution in [3.63, 3.8) is 0 Å². The maximum absolute atomic E-state index is 11.5. The summed E-state index contributed by atoms with van der Waals surface area (Å²) >= 11 is 1.58. The smallest absolute Gasteiger partial charge is 0.274 e. The third kappa shape index (κ3) is 3.89. The van der Waals surface area contributed by atoms with Crippen LogP contribution in [0.2, 0.25) is 0 Å². The summed E-state index contributed by atoms with van der Waals surface area (Å²) in [5.41, 5.74) is 3.77. The lowest BCUT2D eigenvalue weighted by molar-refractivity contribution is 0.0706. The largest absolute Gasteiger partial charge is 0.494 e. The highest BCUT2D eigenvalue weighted by atomic mass is 32.1. The number of ether oxygens (including phenoxy) is 1. The number of para-hydroxylation sites is 2. The molecule has 7 nitrogen and oxygen atoms in total. The van der Waals surface area contributed by atoms with Crippen molar-refractivity contribution in [2.45, 2.75) is 6.42 Å². The number of hydrogen-bond acceptors (Lipinski definition) is 6. The minimum Gasteiger partial charge on any atom is -0.494 e. The Balaban J connectivity index is 1.74. The number of carbonyl (C=O) groups is 1. The molecule has 0 bridgehead atoms. The number of amides is 1. The molecule has 0 aliphatic heterocycles. The van der Waals surface area contributed by atoms with Crippen LogP contribution in [0.25, 0.3) is 16.4 Å². The molecule has 2 aromatic carbocycles. The summed E-state index contributed by atoms with van der Waals surface area (Å²) in [6.07, 6.45) is 0.511. The molecule has 4 rings (SSSR count). The Morgan fingerprint density at radius 2 is 1.93 bits per heavy atom. The molecular formula is C21H18N4O3S. The van der Waals surface area contributed by atoms with Gasteiger partial charge in [0.1, 0.15) is 17.3 Å². The van der Waals surface area contributed by atoms with E-state index in [4.69, 9.17) is 20.0 Å². The lowest BCUT2D eigenvalue weighted by atomic mass is 10.1. The molecule has 4 aromatic rings. The van der Waals surface area contributed by atoms with E-state index in [-0.39, 0.29) is 0 Å². The van der Waals surface area contributed by atoms with E-state index in [9.17, 15) is 4.79 Å². The summed E-state index contributed by atoms with van der Waals surface area (Å²) in [6.45, 7) is 0.